The van der Waals surface area contributed by atoms with Crippen molar-refractivity contribution in [3.63, 3.8) is 0 Å². The minimum absolute atomic E-state index is 0.748. The monoisotopic (exact) mass is 284 g/mol. The van der Waals surface area contributed by atoms with E-state index in [1.165, 1.54) is 4.88 Å². The number of para-hydroxylation sites is 1. The minimum Gasteiger partial charge on any atom is -0.305 e. The first kappa shape index (κ1) is 13.0. The molecule has 1 N–H and O–H groups in total. The first-order chi connectivity index (χ1) is 9.81. The number of rotatable bonds is 5. The van der Waals surface area contributed by atoms with Gasteiger partial charge < -0.3 is 5.32 Å². The lowest BCUT2D eigenvalue weighted by Gasteiger charge is -2.01. The highest BCUT2D eigenvalue weighted by Gasteiger charge is 2.02. The zero-order valence-electron chi connectivity index (χ0n) is 11.3. The number of hydrogen-bond donors (Lipinski definition) is 1. The maximum absolute atomic E-state index is 4.55. The standard InChI is InChI=1S/C15H16N4S/c1-12-9-17-15(20-12)11-16-10-13-7-8-19(18-13)14-5-3-2-4-6-14/h2-9,16H,10-11H2,1H3. The molecule has 0 saturated heterocycles. The van der Waals surface area contributed by atoms with E-state index in [1.807, 2.05) is 53.5 Å². The molecule has 3 rings (SSSR count). The molecular formula is C15H16N4S. The summed E-state index contributed by atoms with van der Waals surface area (Å²) < 4.78 is 1.89. The average molecular weight is 284 g/mol. The van der Waals surface area contributed by atoms with Crippen molar-refractivity contribution >= 4 is 11.3 Å². The maximum Gasteiger partial charge on any atom is 0.107 e. The highest BCUT2D eigenvalue weighted by molar-refractivity contribution is 7.11. The fourth-order valence-electron chi connectivity index (χ4n) is 1.96. The molecule has 0 atom stereocenters. The van der Waals surface area contributed by atoms with Gasteiger partial charge in [-0.2, -0.15) is 5.10 Å². The first-order valence-corrected chi connectivity index (χ1v) is 7.35. The minimum atomic E-state index is 0.748. The Morgan fingerprint density at radius 3 is 2.75 bits per heavy atom. The van der Waals surface area contributed by atoms with E-state index in [4.69, 9.17) is 0 Å². The molecule has 1 aromatic carbocycles. The molecule has 0 fully saturated rings. The van der Waals surface area contributed by atoms with Crippen molar-refractivity contribution in [2.24, 2.45) is 0 Å². The molecule has 0 unspecified atom stereocenters. The van der Waals surface area contributed by atoms with E-state index in [0.29, 0.717) is 0 Å². The van der Waals surface area contributed by atoms with Gasteiger partial charge in [0, 0.05) is 30.4 Å². The Balaban J connectivity index is 1.58. The molecule has 20 heavy (non-hydrogen) atoms. The van der Waals surface area contributed by atoms with E-state index >= 15 is 0 Å². The Morgan fingerprint density at radius 2 is 2.00 bits per heavy atom. The maximum atomic E-state index is 4.55. The van der Waals surface area contributed by atoms with Gasteiger partial charge in [-0.05, 0) is 25.1 Å². The van der Waals surface area contributed by atoms with Crippen LogP contribution in [0.15, 0.2) is 48.8 Å². The van der Waals surface area contributed by atoms with Crippen molar-refractivity contribution in [1.82, 2.24) is 20.1 Å². The van der Waals surface area contributed by atoms with Crippen molar-refractivity contribution in [3.05, 3.63) is 64.4 Å². The molecule has 0 radical (unpaired) electrons. The third-order valence-corrected chi connectivity index (χ3v) is 3.83. The third-order valence-electron chi connectivity index (χ3n) is 2.92. The predicted octanol–water partition coefficient (Wildman–Crippen LogP) is 2.93. The SMILES string of the molecule is Cc1cnc(CNCc2ccn(-c3ccccc3)n2)s1. The number of aryl methyl sites for hydroxylation is 1. The summed E-state index contributed by atoms with van der Waals surface area (Å²) in [7, 11) is 0. The summed E-state index contributed by atoms with van der Waals surface area (Å²) >= 11 is 1.73. The molecule has 4 nitrogen and oxygen atoms in total. The molecule has 3 aromatic rings. The quantitative estimate of drug-likeness (QED) is 0.783. The summed E-state index contributed by atoms with van der Waals surface area (Å²) in [6.07, 6.45) is 3.89. The summed E-state index contributed by atoms with van der Waals surface area (Å²) in [5, 5.41) is 9.04. The van der Waals surface area contributed by atoms with E-state index < -0.39 is 0 Å². The van der Waals surface area contributed by atoms with Crippen molar-refractivity contribution in [2.45, 2.75) is 20.0 Å². The summed E-state index contributed by atoms with van der Waals surface area (Å²) in [4.78, 5) is 5.58. The van der Waals surface area contributed by atoms with Crippen molar-refractivity contribution in [3.8, 4) is 5.69 Å². The smallest absolute Gasteiger partial charge is 0.107 e. The zero-order chi connectivity index (χ0) is 13.8. The molecule has 0 aliphatic heterocycles. The molecule has 2 heterocycles. The normalized spacial score (nSPS) is 10.8. The molecule has 2 aromatic heterocycles. The number of benzene rings is 1. The van der Waals surface area contributed by atoms with Gasteiger partial charge in [0.25, 0.3) is 0 Å². The first-order valence-electron chi connectivity index (χ1n) is 6.53. The van der Waals surface area contributed by atoms with Gasteiger partial charge in [0.15, 0.2) is 0 Å². The third kappa shape index (κ3) is 3.12. The molecule has 0 spiro atoms. The molecule has 0 bridgehead atoms. The molecule has 5 heteroatoms. The Morgan fingerprint density at radius 1 is 1.15 bits per heavy atom. The summed E-state index contributed by atoms with van der Waals surface area (Å²) in [5.74, 6) is 0. The Bertz CT molecular complexity index is 672. The van der Waals surface area contributed by atoms with Crippen LogP contribution in [0.3, 0.4) is 0 Å². The van der Waals surface area contributed by atoms with Crippen LogP contribution in [0.5, 0.6) is 0 Å². The molecular weight excluding hydrogens is 268 g/mol. The van der Waals surface area contributed by atoms with E-state index in [2.05, 4.69) is 22.3 Å². The van der Waals surface area contributed by atoms with Crippen molar-refractivity contribution in [1.29, 1.82) is 0 Å². The van der Waals surface area contributed by atoms with E-state index in [-0.39, 0.29) is 0 Å². The number of thiazole rings is 1. The number of hydrogen-bond acceptors (Lipinski definition) is 4. The molecule has 0 amide bonds. The fourth-order valence-corrected chi connectivity index (χ4v) is 2.72. The second-order valence-electron chi connectivity index (χ2n) is 4.56. The van der Waals surface area contributed by atoms with Gasteiger partial charge in [-0.25, -0.2) is 9.67 Å². The van der Waals surface area contributed by atoms with Gasteiger partial charge in [-0.15, -0.1) is 11.3 Å². The van der Waals surface area contributed by atoms with E-state index in [0.717, 1.165) is 29.5 Å². The topological polar surface area (TPSA) is 42.7 Å². The lowest BCUT2D eigenvalue weighted by molar-refractivity contribution is 0.667. The Hall–Kier alpha value is -1.98. The molecule has 0 aliphatic carbocycles. The second kappa shape index (κ2) is 5.98. The number of nitrogens with zero attached hydrogens (tertiary/aromatic N) is 3. The van der Waals surface area contributed by atoms with Crippen LogP contribution >= 0.6 is 11.3 Å². The van der Waals surface area contributed by atoms with Crippen LogP contribution < -0.4 is 5.32 Å². The van der Waals surface area contributed by atoms with Gasteiger partial charge in [0.1, 0.15) is 5.01 Å². The largest absolute Gasteiger partial charge is 0.305 e. The molecule has 102 valence electrons. The van der Waals surface area contributed by atoms with Crippen molar-refractivity contribution in [2.75, 3.05) is 0 Å². The average Bonchev–Trinajstić information content (AvgIpc) is 3.09. The van der Waals surface area contributed by atoms with Crippen LogP contribution in [0.25, 0.3) is 5.69 Å². The highest BCUT2D eigenvalue weighted by Crippen LogP contribution is 2.11. The Labute approximate surface area is 122 Å². The van der Waals surface area contributed by atoms with Crippen LogP contribution in [-0.4, -0.2) is 14.8 Å². The molecule has 0 saturated carbocycles. The van der Waals surface area contributed by atoms with Crippen LogP contribution in [0.2, 0.25) is 0 Å². The lowest BCUT2D eigenvalue weighted by Crippen LogP contribution is -2.13. The van der Waals surface area contributed by atoms with Crippen LogP contribution in [-0.2, 0) is 13.1 Å². The second-order valence-corrected chi connectivity index (χ2v) is 5.87. The number of aromatic nitrogens is 3. The summed E-state index contributed by atoms with van der Waals surface area (Å²) in [6.45, 7) is 3.61. The van der Waals surface area contributed by atoms with E-state index in [9.17, 15) is 0 Å². The van der Waals surface area contributed by atoms with Gasteiger partial charge in [0.2, 0.25) is 0 Å². The van der Waals surface area contributed by atoms with Crippen molar-refractivity contribution < 1.29 is 0 Å². The van der Waals surface area contributed by atoms with Gasteiger partial charge in [0.05, 0.1) is 11.4 Å². The van der Waals surface area contributed by atoms with E-state index in [1.54, 1.807) is 11.3 Å². The lowest BCUT2D eigenvalue weighted by atomic mass is 10.3. The van der Waals surface area contributed by atoms with Crippen LogP contribution in [0, 0.1) is 6.92 Å². The summed E-state index contributed by atoms with van der Waals surface area (Å²) in [5.41, 5.74) is 2.11. The van der Waals surface area contributed by atoms with Gasteiger partial charge >= 0.3 is 0 Å². The van der Waals surface area contributed by atoms with Crippen LogP contribution in [0.1, 0.15) is 15.6 Å². The Kier molecular flexibility index (Phi) is 3.90. The van der Waals surface area contributed by atoms with Gasteiger partial charge in [-0.3, -0.25) is 0 Å². The summed E-state index contributed by atoms with van der Waals surface area (Å²) in [6, 6.07) is 12.2. The fraction of sp³-hybridized carbons (Fsp3) is 0.200. The number of nitrogens with one attached hydrogen (secondary N) is 1. The predicted molar refractivity (Wildman–Crippen MR) is 81.0 cm³/mol. The highest BCUT2D eigenvalue weighted by atomic mass is 32.1. The van der Waals surface area contributed by atoms with Crippen LogP contribution in [0.4, 0.5) is 0 Å². The molecule has 0 aliphatic rings. The van der Waals surface area contributed by atoms with Gasteiger partial charge in [-0.1, -0.05) is 18.2 Å². The zero-order valence-corrected chi connectivity index (χ0v) is 12.1.